The molecule has 1 aromatic heterocycles. The quantitative estimate of drug-likeness (QED) is 0.490. The lowest BCUT2D eigenvalue weighted by atomic mass is 9.93. The van der Waals surface area contributed by atoms with Gasteiger partial charge >= 0.3 is 0 Å². The zero-order chi connectivity index (χ0) is 19.0. The normalized spacial score (nSPS) is 17.4. The predicted octanol–water partition coefficient (Wildman–Crippen LogP) is 3.99. The fraction of sp³-hybridized carbons (Fsp3) is 0.158. The first-order chi connectivity index (χ1) is 13.0. The summed E-state index contributed by atoms with van der Waals surface area (Å²) in [6.45, 7) is 0.360. The van der Waals surface area contributed by atoms with Gasteiger partial charge in [0.2, 0.25) is 10.0 Å². The largest absolute Gasteiger partial charge is 0.269 e. The Morgan fingerprint density at radius 2 is 1.78 bits per heavy atom. The zero-order valence-electron chi connectivity index (χ0n) is 14.2. The van der Waals surface area contributed by atoms with Gasteiger partial charge in [0, 0.05) is 23.6 Å². The van der Waals surface area contributed by atoms with Gasteiger partial charge in [-0.3, -0.25) is 10.1 Å². The molecule has 0 saturated carbocycles. The van der Waals surface area contributed by atoms with Crippen LogP contribution in [0.2, 0.25) is 0 Å². The molecule has 1 aliphatic heterocycles. The van der Waals surface area contributed by atoms with Gasteiger partial charge < -0.3 is 0 Å². The van der Waals surface area contributed by atoms with Gasteiger partial charge in [0.05, 0.1) is 15.9 Å². The van der Waals surface area contributed by atoms with E-state index >= 15 is 0 Å². The Kier molecular flexibility index (Phi) is 4.55. The molecular formula is C19H16N2O4S2. The molecule has 2 heterocycles. The first-order valence-electron chi connectivity index (χ1n) is 8.36. The third kappa shape index (κ3) is 3.16. The van der Waals surface area contributed by atoms with Gasteiger partial charge in [-0.25, -0.2) is 8.42 Å². The molecule has 4 rings (SSSR count). The van der Waals surface area contributed by atoms with Gasteiger partial charge in [0.1, 0.15) is 0 Å². The molecular weight excluding hydrogens is 384 g/mol. The lowest BCUT2D eigenvalue weighted by molar-refractivity contribution is -0.384. The number of benzene rings is 2. The topological polar surface area (TPSA) is 80.5 Å². The van der Waals surface area contributed by atoms with Crippen LogP contribution in [0.4, 0.5) is 5.69 Å². The van der Waals surface area contributed by atoms with Gasteiger partial charge in [-0.1, -0.05) is 30.3 Å². The Labute approximate surface area is 160 Å². The Morgan fingerprint density at radius 3 is 2.44 bits per heavy atom. The maximum atomic E-state index is 13.3. The molecule has 0 N–H and O–H groups in total. The van der Waals surface area contributed by atoms with E-state index in [-0.39, 0.29) is 10.6 Å². The number of sulfonamides is 1. The van der Waals surface area contributed by atoms with E-state index in [9.17, 15) is 18.5 Å². The van der Waals surface area contributed by atoms with Crippen LogP contribution in [0.15, 0.2) is 70.9 Å². The fourth-order valence-corrected chi connectivity index (χ4v) is 5.93. The number of nitro benzene ring substituents is 1. The van der Waals surface area contributed by atoms with E-state index < -0.39 is 21.0 Å². The third-order valence-corrected chi connectivity index (χ3v) is 7.51. The van der Waals surface area contributed by atoms with Crippen LogP contribution in [0.1, 0.15) is 22.0 Å². The first kappa shape index (κ1) is 17.8. The Morgan fingerprint density at radius 1 is 1.04 bits per heavy atom. The van der Waals surface area contributed by atoms with E-state index in [0.717, 1.165) is 16.0 Å². The molecule has 8 heteroatoms. The van der Waals surface area contributed by atoms with Crippen LogP contribution in [0.3, 0.4) is 0 Å². The third-order valence-electron chi connectivity index (χ3n) is 4.71. The van der Waals surface area contributed by atoms with Crippen molar-refractivity contribution in [2.45, 2.75) is 17.4 Å². The highest BCUT2D eigenvalue weighted by molar-refractivity contribution is 7.89. The van der Waals surface area contributed by atoms with Crippen LogP contribution in [0.5, 0.6) is 0 Å². The molecule has 6 nitrogen and oxygen atoms in total. The molecule has 0 fully saturated rings. The second kappa shape index (κ2) is 6.88. The molecule has 1 unspecified atom stereocenters. The SMILES string of the molecule is O=[N+]([O-])c1ccc(S(=O)(=O)N2CCc3ccccc3C2c2cccs2)cc1. The summed E-state index contributed by atoms with van der Waals surface area (Å²) >= 11 is 1.52. The lowest BCUT2D eigenvalue weighted by Crippen LogP contribution is -2.40. The van der Waals surface area contributed by atoms with Crippen molar-refractivity contribution in [2.24, 2.45) is 0 Å². The molecule has 27 heavy (non-hydrogen) atoms. The maximum absolute atomic E-state index is 13.3. The summed E-state index contributed by atoms with van der Waals surface area (Å²) in [5.41, 5.74) is 2.00. The summed E-state index contributed by atoms with van der Waals surface area (Å²) in [6, 6.07) is 16.4. The van der Waals surface area contributed by atoms with Crippen molar-refractivity contribution in [3.05, 3.63) is 92.2 Å². The van der Waals surface area contributed by atoms with Gasteiger partial charge in [-0.15, -0.1) is 11.3 Å². The average Bonchev–Trinajstić information content (AvgIpc) is 3.21. The minimum absolute atomic E-state index is 0.0639. The highest BCUT2D eigenvalue weighted by atomic mass is 32.2. The van der Waals surface area contributed by atoms with Crippen molar-refractivity contribution >= 4 is 27.0 Å². The summed E-state index contributed by atoms with van der Waals surface area (Å²) in [7, 11) is -3.81. The van der Waals surface area contributed by atoms with Crippen LogP contribution in [-0.2, 0) is 16.4 Å². The average molecular weight is 400 g/mol. The molecule has 0 bridgehead atoms. The van der Waals surface area contributed by atoms with Crippen LogP contribution in [-0.4, -0.2) is 24.2 Å². The van der Waals surface area contributed by atoms with Crippen molar-refractivity contribution in [3.8, 4) is 0 Å². The van der Waals surface area contributed by atoms with Crippen LogP contribution in [0.25, 0.3) is 0 Å². The molecule has 0 radical (unpaired) electrons. The summed E-state index contributed by atoms with van der Waals surface area (Å²) in [4.78, 5) is 11.3. The molecule has 0 saturated heterocycles. The van der Waals surface area contributed by atoms with Gasteiger partial charge in [-0.05, 0) is 41.1 Å². The summed E-state index contributed by atoms with van der Waals surface area (Å²) in [5, 5.41) is 12.8. The van der Waals surface area contributed by atoms with Gasteiger partial charge in [0.25, 0.3) is 5.69 Å². The number of non-ortho nitro benzene ring substituents is 1. The second-order valence-electron chi connectivity index (χ2n) is 6.23. The van der Waals surface area contributed by atoms with E-state index in [0.29, 0.717) is 13.0 Å². The van der Waals surface area contributed by atoms with Crippen molar-refractivity contribution in [2.75, 3.05) is 6.54 Å². The van der Waals surface area contributed by atoms with E-state index in [1.165, 1.54) is 39.9 Å². The highest BCUT2D eigenvalue weighted by Crippen LogP contribution is 2.40. The fourth-order valence-electron chi connectivity index (χ4n) is 3.42. The number of nitrogens with zero attached hydrogens (tertiary/aromatic N) is 2. The van der Waals surface area contributed by atoms with E-state index in [1.807, 2.05) is 41.8 Å². The second-order valence-corrected chi connectivity index (χ2v) is 9.10. The Bertz CT molecular complexity index is 1080. The number of fused-ring (bicyclic) bond motifs is 1. The molecule has 138 valence electrons. The van der Waals surface area contributed by atoms with Crippen molar-refractivity contribution in [1.82, 2.24) is 4.31 Å². The molecule has 0 amide bonds. The molecule has 3 aromatic rings. The molecule has 2 aromatic carbocycles. The van der Waals surface area contributed by atoms with Crippen LogP contribution in [0, 0.1) is 10.1 Å². The summed E-state index contributed by atoms with van der Waals surface area (Å²) < 4.78 is 28.2. The predicted molar refractivity (Wildman–Crippen MR) is 103 cm³/mol. The van der Waals surface area contributed by atoms with Crippen molar-refractivity contribution < 1.29 is 13.3 Å². The number of thiophene rings is 1. The molecule has 1 aliphatic rings. The van der Waals surface area contributed by atoms with Gasteiger partial charge in [0.15, 0.2) is 0 Å². The van der Waals surface area contributed by atoms with Crippen molar-refractivity contribution in [3.63, 3.8) is 0 Å². The summed E-state index contributed by atoms with van der Waals surface area (Å²) in [6.07, 6.45) is 0.629. The first-order valence-corrected chi connectivity index (χ1v) is 10.7. The van der Waals surface area contributed by atoms with Crippen LogP contribution >= 0.6 is 11.3 Å². The van der Waals surface area contributed by atoms with Crippen molar-refractivity contribution in [1.29, 1.82) is 0 Å². The number of rotatable bonds is 4. The van der Waals surface area contributed by atoms with E-state index in [1.54, 1.807) is 0 Å². The Hall–Kier alpha value is -2.55. The maximum Gasteiger partial charge on any atom is 0.269 e. The minimum atomic E-state index is -3.81. The number of hydrogen-bond acceptors (Lipinski definition) is 5. The standard InChI is InChI=1S/C19H16N2O4S2/c22-21(23)15-7-9-16(10-8-15)27(24,25)20-12-11-14-4-1-2-5-17(14)19(20)18-6-3-13-26-18/h1-10,13,19H,11-12H2. The smallest absolute Gasteiger partial charge is 0.258 e. The molecule has 1 atom stereocenters. The van der Waals surface area contributed by atoms with E-state index in [4.69, 9.17) is 0 Å². The lowest BCUT2D eigenvalue weighted by Gasteiger charge is -2.36. The molecule has 0 aliphatic carbocycles. The minimum Gasteiger partial charge on any atom is -0.258 e. The molecule has 0 spiro atoms. The van der Waals surface area contributed by atoms with Gasteiger partial charge in [-0.2, -0.15) is 4.31 Å². The Balaban J connectivity index is 1.80. The van der Waals surface area contributed by atoms with Crippen LogP contribution < -0.4 is 0 Å². The monoisotopic (exact) mass is 400 g/mol. The zero-order valence-corrected chi connectivity index (χ0v) is 15.8. The van der Waals surface area contributed by atoms with E-state index in [2.05, 4.69) is 0 Å². The number of nitro groups is 1. The number of hydrogen-bond donors (Lipinski definition) is 0. The highest BCUT2D eigenvalue weighted by Gasteiger charge is 2.37. The summed E-state index contributed by atoms with van der Waals surface area (Å²) in [5.74, 6) is 0.